The second kappa shape index (κ2) is 6.42. The van der Waals surface area contributed by atoms with E-state index in [0.29, 0.717) is 0 Å². The number of sulfonamides is 1. The standard InChI is InChI=1S/C10H13Cl2N3O3S/c1-19(17,18)15-3-2-14-10(16)6-4-7(11)9(12)8(13)5-6/h4-5,15H,2-3,13H2,1H3,(H,14,16). The van der Waals surface area contributed by atoms with Gasteiger partial charge in [0, 0.05) is 18.7 Å². The van der Waals surface area contributed by atoms with Crippen LogP contribution >= 0.6 is 23.2 Å². The SMILES string of the molecule is CS(=O)(=O)NCCNC(=O)c1cc(N)c(Cl)c(Cl)c1. The van der Waals surface area contributed by atoms with E-state index in [-0.39, 0.29) is 34.4 Å². The van der Waals surface area contributed by atoms with E-state index < -0.39 is 15.9 Å². The van der Waals surface area contributed by atoms with Crippen LogP contribution in [0.1, 0.15) is 10.4 Å². The third-order valence-electron chi connectivity index (χ3n) is 2.09. The van der Waals surface area contributed by atoms with Crippen LogP contribution in [0.2, 0.25) is 10.0 Å². The fraction of sp³-hybridized carbons (Fsp3) is 0.300. The van der Waals surface area contributed by atoms with Gasteiger partial charge in [-0.25, -0.2) is 13.1 Å². The molecule has 106 valence electrons. The van der Waals surface area contributed by atoms with E-state index in [1.807, 2.05) is 0 Å². The largest absolute Gasteiger partial charge is 0.397 e. The Hall–Kier alpha value is -1.02. The van der Waals surface area contributed by atoms with Crippen LogP contribution in [0.5, 0.6) is 0 Å². The Balaban J connectivity index is 2.60. The summed E-state index contributed by atoms with van der Waals surface area (Å²) in [5.41, 5.74) is 6.04. The van der Waals surface area contributed by atoms with E-state index in [2.05, 4.69) is 10.0 Å². The first kappa shape index (κ1) is 16.0. The van der Waals surface area contributed by atoms with E-state index in [4.69, 9.17) is 28.9 Å². The van der Waals surface area contributed by atoms with Crippen molar-refractivity contribution in [2.45, 2.75) is 0 Å². The number of benzene rings is 1. The Bertz CT molecular complexity index is 567. The summed E-state index contributed by atoms with van der Waals surface area (Å²) in [6, 6.07) is 2.78. The average molecular weight is 326 g/mol. The van der Waals surface area contributed by atoms with Crippen molar-refractivity contribution in [3.63, 3.8) is 0 Å². The smallest absolute Gasteiger partial charge is 0.251 e. The van der Waals surface area contributed by atoms with Crippen molar-refractivity contribution in [1.82, 2.24) is 10.0 Å². The Kier molecular flexibility index (Phi) is 5.42. The number of nitrogens with one attached hydrogen (secondary N) is 2. The number of hydrogen-bond acceptors (Lipinski definition) is 4. The third kappa shape index (κ3) is 5.23. The van der Waals surface area contributed by atoms with Gasteiger partial charge in [0.05, 0.1) is 22.0 Å². The number of halogens is 2. The van der Waals surface area contributed by atoms with Crippen LogP contribution in [0.15, 0.2) is 12.1 Å². The fourth-order valence-corrected chi connectivity index (χ4v) is 2.06. The molecule has 0 bridgehead atoms. The molecule has 0 unspecified atom stereocenters. The van der Waals surface area contributed by atoms with Gasteiger partial charge in [0.25, 0.3) is 5.91 Å². The summed E-state index contributed by atoms with van der Waals surface area (Å²) in [5, 5.41) is 2.90. The molecule has 1 amide bonds. The van der Waals surface area contributed by atoms with Gasteiger partial charge in [0.2, 0.25) is 10.0 Å². The van der Waals surface area contributed by atoms with Crippen LogP contribution in [-0.4, -0.2) is 33.7 Å². The Morgan fingerprint density at radius 2 is 1.95 bits per heavy atom. The van der Waals surface area contributed by atoms with Crippen molar-refractivity contribution < 1.29 is 13.2 Å². The van der Waals surface area contributed by atoms with Crippen molar-refractivity contribution >= 4 is 44.8 Å². The summed E-state index contributed by atoms with van der Waals surface area (Å²) in [6.45, 7) is 0.243. The molecule has 1 aromatic carbocycles. The molecule has 0 aliphatic heterocycles. The van der Waals surface area contributed by atoms with E-state index in [9.17, 15) is 13.2 Å². The Labute approximate surface area is 121 Å². The van der Waals surface area contributed by atoms with Crippen molar-refractivity contribution in [3.8, 4) is 0 Å². The summed E-state index contributed by atoms with van der Waals surface area (Å²) < 4.78 is 23.8. The van der Waals surface area contributed by atoms with Crippen LogP contribution in [-0.2, 0) is 10.0 Å². The molecule has 0 saturated heterocycles. The van der Waals surface area contributed by atoms with E-state index in [1.54, 1.807) is 0 Å². The third-order valence-corrected chi connectivity index (χ3v) is 3.64. The van der Waals surface area contributed by atoms with Gasteiger partial charge in [0.15, 0.2) is 0 Å². The molecule has 19 heavy (non-hydrogen) atoms. The normalized spacial score (nSPS) is 11.3. The predicted molar refractivity (Wildman–Crippen MR) is 76.1 cm³/mol. The molecule has 6 nitrogen and oxygen atoms in total. The average Bonchev–Trinajstić information content (AvgIpc) is 2.29. The highest BCUT2D eigenvalue weighted by Crippen LogP contribution is 2.29. The maximum absolute atomic E-state index is 11.7. The number of nitrogens with two attached hydrogens (primary N) is 1. The van der Waals surface area contributed by atoms with Gasteiger partial charge >= 0.3 is 0 Å². The minimum Gasteiger partial charge on any atom is -0.397 e. The number of carbonyl (C=O) groups excluding carboxylic acids is 1. The molecular formula is C10H13Cl2N3O3S. The lowest BCUT2D eigenvalue weighted by Gasteiger charge is -2.08. The molecule has 0 atom stereocenters. The molecule has 0 radical (unpaired) electrons. The van der Waals surface area contributed by atoms with Gasteiger partial charge in [-0.15, -0.1) is 0 Å². The number of nitrogen functional groups attached to an aromatic ring is 1. The summed E-state index contributed by atoms with van der Waals surface area (Å²) >= 11 is 11.6. The van der Waals surface area contributed by atoms with Crippen molar-refractivity contribution in [2.75, 3.05) is 25.1 Å². The van der Waals surface area contributed by atoms with Gasteiger partial charge in [-0.05, 0) is 12.1 Å². The van der Waals surface area contributed by atoms with Crippen LogP contribution in [0.25, 0.3) is 0 Å². The second-order valence-corrected chi connectivity index (χ2v) is 6.40. The van der Waals surface area contributed by atoms with Crippen molar-refractivity contribution in [1.29, 1.82) is 0 Å². The summed E-state index contributed by atoms with van der Waals surface area (Å²) in [5.74, 6) is -0.416. The van der Waals surface area contributed by atoms with Crippen LogP contribution in [0.4, 0.5) is 5.69 Å². The summed E-state index contributed by atoms with van der Waals surface area (Å²) in [4.78, 5) is 11.7. The Morgan fingerprint density at radius 1 is 1.32 bits per heavy atom. The summed E-state index contributed by atoms with van der Waals surface area (Å²) in [7, 11) is -3.27. The highest BCUT2D eigenvalue weighted by molar-refractivity contribution is 7.88. The number of anilines is 1. The molecule has 1 rings (SSSR count). The molecule has 0 aromatic heterocycles. The van der Waals surface area contributed by atoms with E-state index >= 15 is 0 Å². The molecule has 0 fully saturated rings. The number of hydrogen-bond donors (Lipinski definition) is 3. The maximum atomic E-state index is 11.7. The first-order chi connectivity index (χ1) is 8.70. The first-order valence-electron chi connectivity index (χ1n) is 5.18. The fourth-order valence-electron chi connectivity index (χ4n) is 1.26. The number of rotatable bonds is 5. The molecule has 0 aliphatic rings. The molecule has 0 aliphatic carbocycles. The first-order valence-corrected chi connectivity index (χ1v) is 7.83. The lowest BCUT2D eigenvalue weighted by atomic mass is 10.2. The van der Waals surface area contributed by atoms with Gasteiger partial charge in [0.1, 0.15) is 0 Å². The number of carbonyl (C=O) groups is 1. The van der Waals surface area contributed by atoms with Gasteiger partial charge in [-0.2, -0.15) is 0 Å². The predicted octanol–water partition coefficient (Wildman–Crippen LogP) is 0.855. The highest BCUT2D eigenvalue weighted by atomic mass is 35.5. The van der Waals surface area contributed by atoms with Crippen molar-refractivity contribution in [2.24, 2.45) is 0 Å². The van der Waals surface area contributed by atoms with Gasteiger partial charge < -0.3 is 11.1 Å². The molecule has 0 heterocycles. The van der Waals surface area contributed by atoms with Gasteiger partial charge in [-0.3, -0.25) is 4.79 Å². The zero-order chi connectivity index (χ0) is 14.6. The molecule has 9 heteroatoms. The van der Waals surface area contributed by atoms with E-state index in [1.165, 1.54) is 12.1 Å². The molecule has 1 aromatic rings. The molecule has 0 saturated carbocycles. The quantitative estimate of drug-likeness (QED) is 0.552. The number of amides is 1. The molecule has 0 spiro atoms. The maximum Gasteiger partial charge on any atom is 0.251 e. The minimum atomic E-state index is -3.27. The monoisotopic (exact) mass is 325 g/mol. The van der Waals surface area contributed by atoms with Crippen LogP contribution < -0.4 is 15.8 Å². The highest BCUT2D eigenvalue weighted by Gasteiger charge is 2.11. The van der Waals surface area contributed by atoms with Crippen LogP contribution in [0, 0.1) is 0 Å². The van der Waals surface area contributed by atoms with Crippen molar-refractivity contribution in [3.05, 3.63) is 27.7 Å². The topological polar surface area (TPSA) is 101 Å². The van der Waals surface area contributed by atoms with E-state index in [0.717, 1.165) is 6.26 Å². The van der Waals surface area contributed by atoms with Crippen LogP contribution in [0.3, 0.4) is 0 Å². The minimum absolute atomic E-state index is 0.0986. The lowest BCUT2D eigenvalue weighted by molar-refractivity contribution is 0.0954. The summed E-state index contributed by atoms with van der Waals surface area (Å²) in [6.07, 6.45) is 1.04. The zero-order valence-corrected chi connectivity index (χ0v) is 12.4. The Morgan fingerprint density at radius 3 is 2.47 bits per heavy atom. The van der Waals surface area contributed by atoms with Gasteiger partial charge in [-0.1, -0.05) is 23.2 Å². The second-order valence-electron chi connectivity index (χ2n) is 3.78. The molecule has 4 N–H and O–H groups in total. The zero-order valence-electron chi connectivity index (χ0n) is 10.0. The molecular weight excluding hydrogens is 313 g/mol. The lowest BCUT2D eigenvalue weighted by Crippen LogP contribution is -2.34.